The van der Waals surface area contributed by atoms with E-state index in [4.69, 9.17) is 9.31 Å². The fraction of sp³-hybridized carbons (Fsp3) is 0.600. The molecule has 164 valence electrons. The highest BCUT2D eigenvalue weighted by Crippen LogP contribution is 2.38. The summed E-state index contributed by atoms with van der Waals surface area (Å²) in [7, 11) is -0.398. The third-order valence-electron chi connectivity index (χ3n) is 6.80. The Morgan fingerprint density at radius 1 is 1.00 bits per heavy atom. The van der Waals surface area contributed by atoms with Gasteiger partial charge in [0.2, 0.25) is 0 Å². The van der Waals surface area contributed by atoms with Crippen LogP contribution in [0.3, 0.4) is 0 Å². The van der Waals surface area contributed by atoms with Crippen LogP contribution in [-0.2, 0) is 15.7 Å². The zero-order valence-corrected chi connectivity index (χ0v) is 20.2. The first-order chi connectivity index (χ1) is 14.2. The quantitative estimate of drug-likeness (QED) is 0.399. The molecule has 1 atom stereocenters. The van der Waals surface area contributed by atoms with E-state index < -0.39 is 7.12 Å². The molecular weight excluding hydrogens is 394 g/mol. The van der Waals surface area contributed by atoms with Crippen molar-refractivity contribution < 1.29 is 13.7 Å². The van der Waals surface area contributed by atoms with Crippen molar-refractivity contribution in [3.63, 3.8) is 0 Å². The van der Waals surface area contributed by atoms with Gasteiger partial charge in [0, 0.05) is 15.2 Å². The Balaban J connectivity index is 1.68. The lowest BCUT2D eigenvalue weighted by molar-refractivity contribution is 0.00578. The maximum atomic E-state index is 14.9. The van der Waals surface area contributed by atoms with Gasteiger partial charge in [-0.25, -0.2) is 4.39 Å². The molecule has 3 rings (SSSR count). The standard InChI is InChI=1S/C25H36BFO2S/c1-7-9-10-18(8-2)11-12-19-13-14-20(21(27)17-19)22-15-16-23(30-22)26-28-24(3,4)25(5,6)29-26/h13-18H,7-12H2,1-6H3. The van der Waals surface area contributed by atoms with Crippen molar-refractivity contribution in [2.75, 3.05) is 0 Å². The Labute approximate surface area is 186 Å². The molecule has 1 unspecified atom stereocenters. The number of halogens is 1. The second kappa shape index (κ2) is 9.54. The minimum absolute atomic E-state index is 0.142. The van der Waals surface area contributed by atoms with Crippen molar-refractivity contribution in [3.05, 3.63) is 41.7 Å². The smallest absolute Gasteiger partial charge is 0.399 e. The van der Waals surface area contributed by atoms with Crippen LogP contribution in [0.2, 0.25) is 0 Å². The number of hydrogen-bond acceptors (Lipinski definition) is 3. The molecule has 5 heteroatoms. The molecular formula is C25H36BFO2S. The molecule has 0 aliphatic carbocycles. The fourth-order valence-corrected chi connectivity index (χ4v) is 4.91. The van der Waals surface area contributed by atoms with E-state index in [1.807, 2.05) is 45.9 Å². The Morgan fingerprint density at radius 2 is 1.70 bits per heavy atom. The van der Waals surface area contributed by atoms with Gasteiger partial charge in [-0.3, -0.25) is 0 Å². The van der Waals surface area contributed by atoms with E-state index in [9.17, 15) is 4.39 Å². The molecule has 1 aliphatic rings. The molecule has 1 fully saturated rings. The number of rotatable bonds is 9. The largest absolute Gasteiger partial charge is 0.505 e. The minimum Gasteiger partial charge on any atom is -0.399 e. The first-order valence-corrected chi connectivity index (χ1v) is 12.2. The van der Waals surface area contributed by atoms with Gasteiger partial charge in [0.05, 0.1) is 11.2 Å². The summed E-state index contributed by atoms with van der Waals surface area (Å²) >= 11 is 1.55. The predicted octanol–water partition coefficient (Wildman–Crippen LogP) is 7.00. The molecule has 0 amide bonds. The average Bonchev–Trinajstić information content (AvgIpc) is 3.24. The molecule has 0 spiro atoms. The molecule has 0 saturated carbocycles. The Hall–Kier alpha value is -1.17. The zero-order chi connectivity index (χ0) is 21.9. The molecule has 2 nitrogen and oxygen atoms in total. The van der Waals surface area contributed by atoms with E-state index in [-0.39, 0.29) is 17.0 Å². The van der Waals surface area contributed by atoms with Crippen LogP contribution < -0.4 is 4.78 Å². The van der Waals surface area contributed by atoms with E-state index in [0.29, 0.717) is 5.56 Å². The first-order valence-electron chi connectivity index (χ1n) is 11.4. The van der Waals surface area contributed by atoms with Crippen LogP contribution in [0.5, 0.6) is 0 Å². The second-order valence-electron chi connectivity index (χ2n) is 9.56. The Kier molecular flexibility index (Phi) is 7.47. The maximum Gasteiger partial charge on any atom is 0.505 e. The summed E-state index contributed by atoms with van der Waals surface area (Å²) in [5.41, 5.74) is 1.00. The SMILES string of the molecule is CCCCC(CC)CCc1ccc(-c2ccc(B3OC(C)(C)C(C)(C)O3)s2)c(F)c1. The molecule has 0 N–H and O–H groups in total. The van der Waals surface area contributed by atoms with Crippen molar-refractivity contribution in [1.29, 1.82) is 0 Å². The normalized spacial score (nSPS) is 18.7. The van der Waals surface area contributed by atoms with E-state index in [1.165, 1.54) is 25.7 Å². The molecule has 1 aliphatic heterocycles. The highest BCUT2D eigenvalue weighted by molar-refractivity contribution is 7.25. The number of benzene rings is 1. The fourth-order valence-electron chi connectivity index (χ4n) is 3.91. The van der Waals surface area contributed by atoms with Crippen molar-refractivity contribution in [2.45, 2.75) is 91.3 Å². The van der Waals surface area contributed by atoms with E-state index in [0.717, 1.165) is 34.0 Å². The minimum atomic E-state index is -0.398. The van der Waals surface area contributed by atoms with Gasteiger partial charge in [-0.05, 0) is 64.2 Å². The molecule has 1 aromatic heterocycles. The summed E-state index contributed by atoms with van der Waals surface area (Å²) in [6.45, 7) is 12.7. The van der Waals surface area contributed by atoms with Gasteiger partial charge in [0.25, 0.3) is 0 Å². The number of unbranched alkanes of at least 4 members (excludes halogenated alkanes) is 1. The van der Waals surface area contributed by atoms with Crippen LogP contribution in [0.4, 0.5) is 4.39 Å². The summed E-state index contributed by atoms with van der Waals surface area (Å²) in [5.74, 6) is 0.601. The second-order valence-corrected chi connectivity index (χ2v) is 10.7. The van der Waals surface area contributed by atoms with Crippen molar-refractivity contribution in [3.8, 4) is 10.4 Å². The Bertz CT molecular complexity index is 829. The van der Waals surface area contributed by atoms with Crippen LogP contribution in [0.15, 0.2) is 30.3 Å². The molecule has 0 radical (unpaired) electrons. The van der Waals surface area contributed by atoms with Crippen LogP contribution >= 0.6 is 11.3 Å². The van der Waals surface area contributed by atoms with Gasteiger partial charge < -0.3 is 9.31 Å². The summed E-state index contributed by atoms with van der Waals surface area (Å²) in [4.78, 5) is 0.915. The van der Waals surface area contributed by atoms with Gasteiger partial charge in [-0.2, -0.15) is 0 Å². The maximum absolute atomic E-state index is 14.9. The summed E-state index contributed by atoms with van der Waals surface area (Å²) in [6.07, 6.45) is 7.11. The van der Waals surface area contributed by atoms with Crippen molar-refractivity contribution in [2.24, 2.45) is 5.92 Å². The summed E-state index contributed by atoms with van der Waals surface area (Å²) < 4.78 is 28.2. The van der Waals surface area contributed by atoms with Crippen LogP contribution in [-0.4, -0.2) is 18.3 Å². The van der Waals surface area contributed by atoms with E-state index >= 15 is 0 Å². The third kappa shape index (κ3) is 5.17. The number of hydrogen-bond donors (Lipinski definition) is 0. The molecule has 0 bridgehead atoms. The van der Waals surface area contributed by atoms with Crippen molar-refractivity contribution in [1.82, 2.24) is 0 Å². The summed E-state index contributed by atoms with van der Waals surface area (Å²) in [6, 6.07) is 9.70. The first kappa shape index (κ1) is 23.5. The number of thiophene rings is 1. The highest BCUT2D eigenvalue weighted by atomic mass is 32.1. The number of aryl methyl sites for hydroxylation is 1. The predicted molar refractivity (Wildman–Crippen MR) is 127 cm³/mol. The molecule has 30 heavy (non-hydrogen) atoms. The Morgan fingerprint density at radius 3 is 2.30 bits per heavy atom. The lowest BCUT2D eigenvalue weighted by Crippen LogP contribution is -2.41. The zero-order valence-electron chi connectivity index (χ0n) is 19.4. The van der Waals surface area contributed by atoms with Crippen LogP contribution in [0, 0.1) is 11.7 Å². The van der Waals surface area contributed by atoms with Crippen molar-refractivity contribution >= 4 is 23.2 Å². The van der Waals surface area contributed by atoms with Gasteiger partial charge >= 0.3 is 7.12 Å². The van der Waals surface area contributed by atoms with E-state index in [2.05, 4.69) is 19.9 Å². The molecule has 1 aromatic carbocycles. The van der Waals surface area contributed by atoms with Gasteiger partial charge in [-0.15, -0.1) is 11.3 Å². The topological polar surface area (TPSA) is 18.5 Å². The summed E-state index contributed by atoms with van der Waals surface area (Å²) in [5, 5.41) is 0. The lowest BCUT2D eigenvalue weighted by Gasteiger charge is -2.32. The molecule has 2 aromatic rings. The third-order valence-corrected chi connectivity index (χ3v) is 7.94. The molecule has 1 saturated heterocycles. The average molecular weight is 430 g/mol. The van der Waals surface area contributed by atoms with E-state index in [1.54, 1.807) is 17.4 Å². The highest BCUT2D eigenvalue weighted by Gasteiger charge is 2.52. The molecule has 2 heterocycles. The van der Waals surface area contributed by atoms with Crippen LogP contribution in [0.1, 0.15) is 79.2 Å². The monoisotopic (exact) mass is 430 g/mol. The van der Waals surface area contributed by atoms with Gasteiger partial charge in [0.1, 0.15) is 5.82 Å². The van der Waals surface area contributed by atoms with Gasteiger partial charge in [-0.1, -0.05) is 57.7 Å². The lowest BCUT2D eigenvalue weighted by atomic mass is 9.88. The van der Waals surface area contributed by atoms with Crippen LogP contribution in [0.25, 0.3) is 10.4 Å². The van der Waals surface area contributed by atoms with Gasteiger partial charge in [0.15, 0.2) is 0 Å².